The lowest BCUT2D eigenvalue weighted by Gasteiger charge is -2.19. The van der Waals surface area contributed by atoms with Crippen LogP contribution in [0.2, 0.25) is 0 Å². The van der Waals surface area contributed by atoms with Gasteiger partial charge in [0.1, 0.15) is 6.23 Å². The molecule has 0 aliphatic rings. The largest absolute Gasteiger partial charge is 0.376 e. The van der Waals surface area contributed by atoms with Gasteiger partial charge in [0, 0.05) is 6.54 Å². The summed E-state index contributed by atoms with van der Waals surface area (Å²) >= 11 is 0. The van der Waals surface area contributed by atoms with Crippen LogP contribution in [0.5, 0.6) is 0 Å². The zero-order valence-corrected chi connectivity index (χ0v) is 13.8. The molecular weight excluding hydrogens is 250 g/mol. The van der Waals surface area contributed by atoms with E-state index >= 15 is 0 Å². The van der Waals surface area contributed by atoms with Gasteiger partial charge in [-0.05, 0) is 19.8 Å². The van der Waals surface area contributed by atoms with Crippen LogP contribution in [0, 0.1) is 0 Å². The Hall–Kier alpha value is -0.120. The van der Waals surface area contributed by atoms with E-state index < -0.39 is 6.23 Å². The van der Waals surface area contributed by atoms with E-state index in [4.69, 9.17) is 0 Å². The topological polar surface area (TPSA) is 43.7 Å². The van der Waals surface area contributed by atoms with Crippen LogP contribution in [-0.4, -0.2) is 28.1 Å². The summed E-state index contributed by atoms with van der Waals surface area (Å²) in [7, 11) is 0. The summed E-state index contributed by atoms with van der Waals surface area (Å²) in [6, 6.07) is 0. The van der Waals surface area contributed by atoms with E-state index in [1.54, 1.807) is 0 Å². The summed E-state index contributed by atoms with van der Waals surface area (Å²) < 4.78 is 0. The Balaban J connectivity index is 3.10. The van der Waals surface area contributed by atoms with Crippen LogP contribution in [0.1, 0.15) is 97.3 Å². The van der Waals surface area contributed by atoms with Crippen LogP contribution in [0.3, 0.4) is 0 Å². The standard InChI is InChI=1S/C17H37NO2/c1-3-5-6-7-8-9-10-11-12-13-14-15-16-17(19)18(20)4-2/h17,19-20H,3-16H2,1-2H3. The molecule has 122 valence electrons. The van der Waals surface area contributed by atoms with Crippen molar-refractivity contribution < 1.29 is 10.3 Å². The number of aliphatic hydroxyl groups is 1. The van der Waals surface area contributed by atoms with Gasteiger partial charge in [0.05, 0.1) is 0 Å². The molecule has 0 aliphatic carbocycles. The van der Waals surface area contributed by atoms with Gasteiger partial charge in [-0.2, -0.15) is 5.06 Å². The minimum atomic E-state index is -0.678. The molecule has 0 aromatic carbocycles. The predicted octanol–water partition coefficient (Wildman–Crippen LogP) is 5.11. The van der Waals surface area contributed by atoms with Crippen molar-refractivity contribution in [1.29, 1.82) is 0 Å². The lowest BCUT2D eigenvalue weighted by molar-refractivity contribution is -0.195. The van der Waals surface area contributed by atoms with Crippen molar-refractivity contribution in [3.63, 3.8) is 0 Å². The van der Waals surface area contributed by atoms with Crippen LogP contribution < -0.4 is 0 Å². The summed E-state index contributed by atoms with van der Waals surface area (Å²) in [4.78, 5) is 0. The van der Waals surface area contributed by atoms with Gasteiger partial charge in [0.25, 0.3) is 0 Å². The van der Waals surface area contributed by atoms with E-state index in [0.717, 1.165) is 11.5 Å². The Kier molecular flexibility index (Phi) is 15.2. The van der Waals surface area contributed by atoms with Crippen LogP contribution >= 0.6 is 0 Å². The zero-order chi connectivity index (χ0) is 15.1. The molecule has 1 atom stereocenters. The highest BCUT2D eigenvalue weighted by molar-refractivity contribution is 4.53. The number of hydrogen-bond donors (Lipinski definition) is 2. The predicted molar refractivity (Wildman–Crippen MR) is 85.9 cm³/mol. The first-order valence-electron chi connectivity index (χ1n) is 8.86. The van der Waals surface area contributed by atoms with Gasteiger partial charge in [-0.3, -0.25) is 0 Å². The lowest BCUT2D eigenvalue weighted by Crippen LogP contribution is -2.31. The van der Waals surface area contributed by atoms with Crippen molar-refractivity contribution in [2.45, 2.75) is 104 Å². The first-order valence-corrected chi connectivity index (χ1v) is 8.86. The number of nitrogens with zero attached hydrogens (tertiary/aromatic N) is 1. The highest BCUT2D eigenvalue weighted by atomic mass is 16.5. The van der Waals surface area contributed by atoms with Gasteiger partial charge in [0.2, 0.25) is 0 Å². The maximum Gasteiger partial charge on any atom is 0.129 e. The van der Waals surface area contributed by atoms with Crippen LogP contribution in [0.4, 0.5) is 0 Å². The number of aliphatic hydroxyl groups excluding tert-OH is 1. The average molecular weight is 287 g/mol. The van der Waals surface area contributed by atoms with E-state index in [1.165, 1.54) is 70.6 Å². The van der Waals surface area contributed by atoms with E-state index in [1.807, 2.05) is 6.92 Å². The Morgan fingerprint density at radius 2 is 1.10 bits per heavy atom. The van der Waals surface area contributed by atoms with Gasteiger partial charge in [-0.1, -0.05) is 77.6 Å². The normalized spacial score (nSPS) is 13.1. The molecule has 0 heterocycles. The molecule has 3 nitrogen and oxygen atoms in total. The molecule has 0 aromatic heterocycles. The Bertz CT molecular complexity index is 188. The molecule has 1 unspecified atom stereocenters. The fraction of sp³-hybridized carbons (Fsp3) is 1.00. The van der Waals surface area contributed by atoms with E-state index in [2.05, 4.69) is 6.92 Å². The summed E-state index contributed by atoms with van der Waals surface area (Å²) in [5.74, 6) is 0. The SMILES string of the molecule is CCCCCCCCCCCCCCC(O)N(O)CC. The molecule has 2 N–H and O–H groups in total. The summed E-state index contributed by atoms with van der Waals surface area (Å²) in [5, 5.41) is 19.9. The lowest BCUT2D eigenvalue weighted by atomic mass is 10.0. The van der Waals surface area contributed by atoms with Crippen LogP contribution in [-0.2, 0) is 0 Å². The number of rotatable bonds is 15. The maximum atomic E-state index is 9.55. The third-order valence-corrected chi connectivity index (χ3v) is 3.98. The monoisotopic (exact) mass is 287 g/mol. The summed E-state index contributed by atoms with van der Waals surface area (Å²) in [6.07, 6.45) is 15.9. The number of hydrogen-bond acceptors (Lipinski definition) is 3. The second-order valence-electron chi connectivity index (χ2n) is 5.91. The molecule has 0 aromatic rings. The molecule has 3 heteroatoms. The molecule has 0 fully saturated rings. The van der Waals surface area contributed by atoms with Gasteiger partial charge in [-0.25, -0.2) is 0 Å². The van der Waals surface area contributed by atoms with Crippen molar-refractivity contribution >= 4 is 0 Å². The van der Waals surface area contributed by atoms with Crippen LogP contribution in [0.15, 0.2) is 0 Å². The Morgan fingerprint density at radius 1 is 0.700 bits per heavy atom. The minimum Gasteiger partial charge on any atom is -0.376 e. The third kappa shape index (κ3) is 12.9. The second-order valence-corrected chi connectivity index (χ2v) is 5.91. The number of hydroxylamine groups is 2. The van der Waals surface area contributed by atoms with E-state index in [9.17, 15) is 10.3 Å². The highest BCUT2D eigenvalue weighted by Crippen LogP contribution is 2.13. The summed E-state index contributed by atoms with van der Waals surface area (Å²) in [5.41, 5.74) is 0. The Labute approximate surface area is 126 Å². The molecule has 20 heavy (non-hydrogen) atoms. The molecule has 0 saturated carbocycles. The molecular formula is C17H37NO2. The van der Waals surface area contributed by atoms with Gasteiger partial charge in [0.15, 0.2) is 0 Å². The van der Waals surface area contributed by atoms with Gasteiger partial charge < -0.3 is 10.3 Å². The summed E-state index contributed by atoms with van der Waals surface area (Å²) in [6.45, 7) is 4.59. The van der Waals surface area contributed by atoms with Gasteiger partial charge in [-0.15, -0.1) is 0 Å². The third-order valence-electron chi connectivity index (χ3n) is 3.98. The van der Waals surface area contributed by atoms with Crippen molar-refractivity contribution in [3.05, 3.63) is 0 Å². The minimum absolute atomic E-state index is 0.486. The molecule has 0 spiro atoms. The zero-order valence-electron chi connectivity index (χ0n) is 13.8. The molecule has 0 aliphatic heterocycles. The Morgan fingerprint density at radius 3 is 1.50 bits per heavy atom. The fourth-order valence-corrected chi connectivity index (χ4v) is 2.53. The molecule has 0 radical (unpaired) electrons. The highest BCUT2D eigenvalue weighted by Gasteiger charge is 2.09. The van der Waals surface area contributed by atoms with E-state index in [-0.39, 0.29) is 0 Å². The average Bonchev–Trinajstić information content (AvgIpc) is 2.47. The first-order chi connectivity index (χ1) is 9.72. The molecule has 0 rings (SSSR count). The van der Waals surface area contributed by atoms with Gasteiger partial charge >= 0.3 is 0 Å². The molecule has 0 amide bonds. The van der Waals surface area contributed by atoms with Crippen LogP contribution in [0.25, 0.3) is 0 Å². The van der Waals surface area contributed by atoms with Crippen molar-refractivity contribution in [2.24, 2.45) is 0 Å². The quantitative estimate of drug-likeness (QED) is 0.250. The second kappa shape index (κ2) is 15.3. The smallest absolute Gasteiger partial charge is 0.129 e. The van der Waals surface area contributed by atoms with Crippen molar-refractivity contribution in [3.8, 4) is 0 Å². The molecule has 0 saturated heterocycles. The maximum absolute atomic E-state index is 9.55. The van der Waals surface area contributed by atoms with Crippen molar-refractivity contribution in [1.82, 2.24) is 5.06 Å². The molecule has 0 bridgehead atoms. The van der Waals surface area contributed by atoms with Crippen molar-refractivity contribution in [2.75, 3.05) is 6.54 Å². The first kappa shape index (κ1) is 19.9. The number of unbranched alkanes of at least 4 members (excludes halogenated alkanes) is 11. The fourth-order valence-electron chi connectivity index (χ4n) is 2.53. The van der Waals surface area contributed by atoms with E-state index in [0.29, 0.717) is 13.0 Å².